The predicted octanol–water partition coefficient (Wildman–Crippen LogP) is 0.744. The minimum Gasteiger partial charge on any atom is -0.480 e. The molecule has 98 valence electrons. The van der Waals surface area contributed by atoms with Crippen molar-refractivity contribution in [3.05, 3.63) is 0 Å². The van der Waals surface area contributed by atoms with Gasteiger partial charge in [0.05, 0.1) is 5.54 Å². The summed E-state index contributed by atoms with van der Waals surface area (Å²) in [6.07, 6.45) is 2.43. The molecule has 1 saturated heterocycles. The van der Waals surface area contributed by atoms with E-state index < -0.39 is 17.6 Å². The van der Waals surface area contributed by atoms with Gasteiger partial charge in [0.2, 0.25) is 5.91 Å². The third-order valence-corrected chi connectivity index (χ3v) is 3.64. The summed E-state index contributed by atoms with van der Waals surface area (Å²) < 4.78 is 0. The van der Waals surface area contributed by atoms with Gasteiger partial charge in [0.25, 0.3) is 0 Å². The Labute approximate surface area is 102 Å². The van der Waals surface area contributed by atoms with Gasteiger partial charge in [-0.25, -0.2) is 4.79 Å². The van der Waals surface area contributed by atoms with Gasteiger partial charge in [0.1, 0.15) is 6.04 Å². The zero-order valence-electron chi connectivity index (χ0n) is 10.7. The molecule has 17 heavy (non-hydrogen) atoms. The van der Waals surface area contributed by atoms with E-state index in [1.54, 1.807) is 0 Å². The minimum atomic E-state index is -0.964. The number of carbonyl (C=O) groups excluding carboxylic acids is 1. The highest BCUT2D eigenvalue weighted by Crippen LogP contribution is 2.19. The van der Waals surface area contributed by atoms with E-state index in [0.29, 0.717) is 0 Å². The molecule has 0 radical (unpaired) electrons. The Hall–Kier alpha value is -1.10. The molecule has 0 aromatic rings. The van der Waals surface area contributed by atoms with E-state index in [-0.39, 0.29) is 11.8 Å². The first-order valence-electron chi connectivity index (χ1n) is 6.19. The monoisotopic (exact) mass is 242 g/mol. The fourth-order valence-electron chi connectivity index (χ4n) is 2.07. The van der Waals surface area contributed by atoms with Crippen molar-refractivity contribution in [1.29, 1.82) is 0 Å². The lowest BCUT2D eigenvalue weighted by Gasteiger charge is -2.27. The highest BCUT2D eigenvalue weighted by molar-refractivity contribution is 5.90. The Kier molecular flexibility index (Phi) is 4.51. The minimum absolute atomic E-state index is 0.0681. The number of rotatable bonds is 5. The Morgan fingerprint density at radius 1 is 1.53 bits per heavy atom. The van der Waals surface area contributed by atoms with Gasteiger partial charge in [-0.2, -0.15) is 0 Å². The third-order valence-electron chi connectivity index (χ3n) is 3.64. The fourth-order valence-corrected chi connectivity index (χ4v) is 2.07. The summed E-state index contributed by atoms with van der Waals surface area (Å²) >= 11 is 0. The molecule has 1 amide bonds. The molecule has 5 nitrogen and oxygen atoms in total. The molecular weight excluding hydrogens is 220 g/mol. The van der Waals surface area contributed by atoms with Crippen molar-refractivity contribution in [2.45, 2.75) is 51.6 Å². The van der Waals surface area contributed by atoms with Crippen molar-refractivity contribution in [2.24, 2.45) is 5.92 Å². The zero-order chi connectivity index (χ0) is 13.1. The number of nitrogens with one attached hydrogen (secondary N) is 2. The zero-order valence-corrected chi connectivity index (χ0v) is 10.7. The van der Waals surface area contributed by atoms with Crippen LogP contribution in [0.3, 0.4) is 0 Å². The van der Waals surface area contributed by atoms with E-state index in [4.69, 9.17) is 5.11 Å². The molecule has 3 N–H and O–H groups in total. The summed E-state index contributed by atoms with van der Waals surface area (Å²) in [4.78, 5) is 23.2. The maximum atomic E-state index is 12.1. The first-order valence-corrected chi connectivity index (χ1v) is 6.19. The lowest BCUT2D eigenvalue weighted by Crippen LogP contribution is -2.56. The molecule has 0 aromatic carbocycles. The van der Waals surface area contributed by atoms with Crippen molar-refractivity contribution in [3.8, 4) is 0 Å². The van der Waals surface area contributed by atoms with E-state index in [2.05, 4.69) is 10.6 Å². The molecule has 1 fully saturated rings. The number of hydrogen-bond acceptors (Lipinski definition) is 3. The van der Waals surface area contributed by atoms with Gasteiger partial charge >= 0.3 is 5.97 Å². The van der Waals surface area contributed by atoms with Gasteiger partial charge in [-0.05, 0) is 32.2 Å². The number of amides is 1. The Bertz CT molecular complexity index is 298. The smallest absolute Gasteiger partial charge is 0.326 e. The van der Waals surface area contributed by atoms with Crippen LogP contribution < -0.4 is 10.6 Å². The molecule has 1 unspecified atom stereocenters. The molecule has 0 spiro atoms. The molecule has 1 aliphatic heterocycles. The molecule has 5 heteroatoms. The summed E-state index contributed by atoms with van der Waals surface area (Å²) in [5.41, 5.74) is -0.610. The molecule has 1 aliphatic rings. The fraction of sp³-hybridized carbons (Fsp3) is 0.833. The molecular formula is C12H22N2O3. The topological polar surface area (TPSA) is 78.4 Å². The molecule has 3 atom stereocenters. The van der Waals surface area contributed by atoms with E-state index >= 15 is 0 Å². The van der Waals surface area contributed by atoms with Crippen LogP contribution in [0.15, 0.2) is 0 Å². The summed E-state index contributed by atoms with van der Waals surface area (Å²) in [5, 5.41) is 14.9. The van der Waals surface area contributed by atoms with E-state index in [9.17, 15) is 9.59 Å². The van der Waals surface area contributed by atoms with Gasteiger partial charge in [-0.3, -0.25) is 4.79 Å². The maximum absolute atomic E-state index is 12.1. The van der Waals surface area contributed by atoms with E-state index in [0.717, 1.165) is 25.8 Å². The third kappa shape index (κ3) is 3.19. The van der Waals surface area contributed by atoms with Crippen LogP contribution >= 0.6 is 0 Å². The van der Waals surface area contributed by atoms with E-state index in [1.807, 2.05) is 20.8 Å². The Balaban J connectivity index is 2.67. The second kappa shape index (κ2) is 5.49. The van der Waals surface area contributed by atoms with Crippen LogP contribution in [0.5, 0.6) is 0 Å². The molecule has 0 bridgehead atoms. The van der Waals surface area contributed by atoms with Crippen molar-refractivity contribution >= 4 is 11.9 Å². The summed E-state index contributed by atoms with van der Waals surface area (Å²) in [5.74, 6) is -1.24. The van der Waals surface area contributed by atoms with Crippen LogP contribution in [0.25, 0.3) is 0 Å². The van der Waals surface area contributed by atoms with Crippen LogP contribution in [0.1, 0.15) is 40.0 Å². The number of carboxylic acids is 1. The van der Waals surface area contributed by atoms with Crippen LogP contribution in [-0.2, 0) is 9.59 Å². The molecule has 1 heterocycles. The van der Waals surface area contributed by atoms with Crippen LogP contribution in [0.4, 0.5) is 0 Å². The molecule has 0 saturated carbocycles. The summed E-state index contributed by atoms with van der Waals surface area (Å²) in [6, 6.07) is -0.799. The number of aliphatic carboxylic acids is 1. The average Bonchev–Trinajstić information content (AvgIpc) is 2.72. The highest BCUT2D eigenvalue weighted by Gasteiger charge is 2.38. The number of carbonyl (C=O) groups is 2. The maximum Gasteiger partial charge on any atom is 0.326 e. The molecule has 0 aliphatic carbocycles. The second-order valence-corrected chi connectivity index (χ2v) is 5.04. The standard InChI is InChI=1S/C12H22N2O3/c1-4-8(2)9(10(15)16)14-11(17)12(3)6-5-7-13-12/h8-9,13H,4-7H2,1-3H3,(H,14,17)(H,15,16)/t8-,9-,12?/m0/s1. The number of hydrogen-bond donors (Lipinski definition) is 3. The first kappa shape index (κ1) is 14.0. The normalized spacial score (nSPS) is 27.5. The van der Waals surface area contributed by atoms with Crippen molar-refractivity contribution in [1.82, 2.24) is 10.6 Å². The van der Waals surface area contributed by atoms with Gasteiger partial charge in [0.15, 0.2) is 0 Å². The Morgan fingerprint density at radius 3 is 2.59 bits per heavy atom. The lowest BCUT2D eigenvalue weighted by atomic mass is 9.95. The van der Waals surface area contributed by atoms with Crippen molar-refractivity contribution in [3.63, 3.8) is 0 Å². The average molecular weight is 242 g/mol. The highest BCUT2D eigenvalue weighted by atomic mass is 16.4. The quantitative estimate of drug-likeness (QED) is 0.664. The van der Waals surface area contributed by atoms with Gasteiger partial charge < -0.3 is 15.7 Å². The number of carboxylic acid groups (broad SMARTS) is 1. The second-order valence-electron chi connectivity index (χ2n) is 5.04. The van der Waals surface area contributed by atoms with Gasteiger partial charge in [-0.1, -0.05) is 20.3 Å². The first-order chi connectivity index (χ1) is 7.90. The van der Waals surface area contributed by atoms with Crippen LogP contribution in [-0.4, -0.2) is 35.1 Å². The van der Waals surface area contributed by atoms with Crippen molar-refractivity contribution < 1.29 is 14.7 Å². The predicted molar refractivity (Wildman–Crippen MR) is 64.7 cm³/mol. The summed E-state index contributed by atoms with van der Waals surface area (Å²) in [7, 11) is 0. The molecule has 1 rings (SSSR count). The lowest BCUT2D eigenvalue weighted by molar-refractivity contribution is -0.144. The van der Waals surface area contributed by atoms with Crippen molar-refractivity contribution in [2.75, 3.05) is 6.54 Å². The van der Waals surface area contributed by atoms with Gasteiger partial charge in [-0.15, -0.1) is 0 Å². The largest absolute Gasteiger partial charge is 0.480 e. The Morgan fingerprint density at radius 2 is 2.18 bits per heavy atom. The molecule has 0 aromatic heterocycles. The van der Waals surface area contributed by atoms with E-state index in [1.165, 1.54) is 0 Å². The van der Waals surface area contributed by atoms with Crippen LogP contribution in [0.2, 0.25) is 0 Å². The SMILES string of the molecule is CC[C@H](C)[C@H](NC(=O)C1(C)CCCN1)C(=O)O. The van der Waals surface area contributed by atoms with Gasteiger partial charge in [0, 0.05) is 0 Å². The van der Waals surface area contributed by atoms with Crippen LogP contribution in [0, 0.1) is 5.92 Å². The summed E-state index contributed by atoms with van der Waals surface area (Å²) in [6.45, 7) is 6.39.